The third-order valence-corrected chi connectivity index (χ3v) is 6.67. The standard InChI is InChI=1S/C27H42N2O5S2/c1-10-15-27(6,7)23(24(31)28-26(3,4)5)29(22(30)18-36-25(35)34-11-2)16-14-19-12-13-20(32-8)21(17-19)33-9/h10,12-13,17,23H,1,11,14-16,18H2,2-9H3,(H,28,31). The Kier molecular flexibility index (Phi) is 12.8. The van der Waals surface area contributed by atoms with Crippen LogP contribution in [-0.4, -0.2) is 65.8 Å². The summed E-state index contributed by atoms with van der Waals surface area (Å²) in [5, 5.41) is 3.07. The molecular formula is C27H42N2O5S2. The van der Waals surface area contributed by atoms with Crippen molar-refractivity contribution in [2.75, 3.05) is 33.1 Å². The molecule has 1 atom stereocenters. The number of amides is 2. The van der Waals surface area contributed by atoms with Crippen molar-refractivity contribution >= 4 is 40.2 Å². The molecule has 0 aromatic heterocycles. The zero-order valence-corrected chi connectivity index (χ0v) is 24.6. The van der Waals surface area contributed by atoms with Gasteiger partial charge in [0.05, 0.1) is 26.6 Å². The maximum atomic E-state index is 13.6. The molecule has 0 bridgehead atoms. The van der Waals surface area contributed by atoms with Crippen LogP contribution in [0.4, 0.5) is 0 Å². The monoisotopic (exact) mass is 538 g/mol. The Morgan fingerprint density at radius 1 is 1.17 bits per heavy atom. The highest BCUT2D eigenvalue weighted by Crippen LogP contribution is 2.32. The molecule has 1 aromatic rings. The van der Waals surface area contributed by atoms with Gasteiger partial charge in [-0.15, -0.1) is 6.58 Å². The predicted octanol–water partition coefficient (Wildman–Crippen LogP) is 5.02. The van der Waals surface area contributed by atoms with Crippen molar-refractivity contribution in [3.8, 4) is 11.5 Å². The average Bonchev–Trinajstić information content (AvgIpc) is 2.78. The van der Waals surface area contributed by atoms with E-state index in [1.165, 1.54) is 11.8 Å². The molecule has 0 aliphatic heterocycles. The number of nitrogens with zero attached hydrogens (tertiary/aromatic N) is 1. The maximum absolute atomic E-state index is 13.6. The number of thiocarbonyl (C=S) groups is 1. The number of rotatable bonds is 13. The first-order valence-corrected chi connectivity index (χ1v) is 13.4. The quantitative estimate of drug-likeness (QED) is 0.279. The number of thioether (sulfide) groups is 1. The smallest absolute Gasteiger partial charge is 0.243 e. The molecule has 0 fully saturated rings. The summed E-state index contributed by atoms with van der Waals surface area (Å²) in [5.41, 5.74) is -0.0577. The molecule has 0 aliphatic carbocycles. The van der Waals surface area contributed by atoms with Crippen molar-refractivity contribution in [1.29, 1.82) is 0 Å². The van der Waals surface area contributed by atoms with Crippen molar-refractivity contribution in [2.45, 2.75) is 66.0 Å². The van der Waals surface area contributed by atoms with Crippen molar-refractivity contribution in [3.05, 3.63) is 36.4 Å². The molecule has 0 radical (unpaired) electrons. The first-order valence-electron chi connectivity index (χ1n) is 12.0. The van der Waals surface area contributed by atoms with Crippen molar-refractivity contribution in [2.24, 2.45) is 5.41 Å². The molecule has 1 aromatic carbocycles. The van der Waals surface area contributed by atoms with E-state index < -0.39 is 17.0 Å². The minimum absolute atomic E-state index is 0.0776. The Hall–Kier alpha value is -2.26. The average molecular weight is 539 g/mol. The summed E-state index contributed by atoms with van der Waals surface area (Å²) in [6.45, 7) is 16.2. The highest BCUT2D eigenvalue weighted by molar-refractivity contribution is 8.23. The molecule has 0 aliphatic rings. The van der Waals surface area contributed by atoms with Gasteiger partial charge in [-0.2, -0.15) is 0 Å². The second-order valence-corrected chi connectivity index (χ2v) is 11.7. The van der Waals surface area contributed by atoms with Gasteiger partial charge in [0.25, 0.3) is 0 Å². The van der Waals surface area contributed by atoms with E-state index in [0.29, 0.717) is 41.9 Å². The maximum Gasteiger partial charge on any atom is 0.243 e. The van der Waals surface area contributed by atoms with Gasteiger partial charge in [0.15, 0.2) is 11.5 Å². The largest absolute Gasteiger partial charge is 0.493 e. The van der Waals surface area contributed by atoms with E-state index in [1.807, 2.05) is 59.7 Å². The topological polar surface area (TPSA) is 77.1 Å². The molecule has 7 nitrogen and oxygen atoms in total. The normalized spacial score (nSPS) is 12.3. The Morgan fingerprint density at radius 2 is 1.81 bits per heavy atom. The van der Waals surface area contributed by atoms with Crippen LogP contribution in [0.2, 0.25) is 0 Å². The predicted molar refractivity (Wildman–Crippen MR) is 152 cm³/mol. The van der Waals surface area contributed by atoms with Crippen LogP contribution in [0.15, 0.2) is 30.9 Å². The summed E-state index contributed by atoms with van der Waals surface area (Å²) in [5.74, 6) is 0.930. The van der Waals surface area contributed by atoms with Crippen LogP contribution in [0.25, 0.3) is 0 Å². The molecule has 0 heterocycles. The van der Waals surface area contributed by atoms with E-state index in [1.54, 1.807) is 25.2 Å². The summed E-state index contributed by atoms with van der Waals surface area (Å²) in [6, 6.07) is 4.94. The zero-order chi connectivity index (χ0) is 27.5. The van der Waals surface area contributed by atoms with Gasteiger partial charge >= 0.3 is 0 Å². The van der Waals surface area contributed by atoms with Gasteiger partial charge in [-0.3, -0.25) is 9.59 Å². The van der Waals surface area contributed by atoms with E-state index in [2.05, 4.69) is 11.9 Å². The number of benzene rings is 1. The molecule has 36 heavy (non-hydrogen) atoms. The van der Waals surface area contributed by atoms with Crippen LogP contribution in [0.3, 0.4) is 0 Å². The van der Waals surface area contributed by atoms with E-state index in [9.17, 15) is 9.59 Å². The second-order valence-electron chi connectivity index (χ2n) is 10.1. The minimum Gasteiger partial charge on any atom is -0.493 e. The molecule has 0 saturated carbocycles. The third kappa shape index (κ3) is 10.0. The van der Waals surface area contributed by atoms with Crippen LogP contribution in [0.1, 0.15) is 53.5 Å². The van der Waals surface area contributed by atoms with Crippen LogP contribution in [0, 0.1) is 5.41 Å². The van der Waals surface area contributed by atoms with Crippen molar-refractivity contribution in [3.63, 3.8) is 0 Å². The van der Waals surface area contributed by atoms with E-state index in [-0.39, 0.29) is 17.6 Å². The number of ether oxygens (including phenoxy) is 3. The van der Waals surface area contributed by atoms with E-state index in [4.69, 9.17) is 26.4 Å². The lowest BCUT2D eigenvalue weighted by Gasteiger charge is -2.42. The molecule has 0 saturated heterocycles. The van der Waals surface area contributed by atoms with Gasteiger partial charge in [-0.05, 0) is 75.9 Å². The highest BCUT2D eigenvalue weighted by atomic mass is 32.2. The first kappa shape index (κ1) is 31.8. The van der Waals surface area contributed by atoms with Crippen LogP contribution >= 0.6 is 24.0 Å². The molecular weight excluding hydrogens is 496 g/mol. The molecule has 0 spiro atoms. The summed E-state index contributed by atoms with van der Waals surface area (Å²) >= 11 is 6.37. The molecule has 1 rings (SSSR count). The van der Waals surface area contributed by atoms with Gasteiger partial charge in [-0.1, -0.05) is 37.8 Å². The lowest BCUT2D eigenvalue weighted by atomic mass is 9.79. The fourth-order valence-electron chi connectivity index (χ4n) is 3.89. The Balaban J connectivity index is 3.38. The van der Waals surface area contributed by atoms with Crippen molar-refractivity contribution < 1.29 is 23.8 Å². The number of allylic oxidation sites excluding steroid dienone is 1. The number of methoxy groups -OCH3 is 2. The summed E-state index contributed by atoms with van der Waals surface area (Å²) in [7, 11) is 3.17. The number of carbonyl (C=O) groups is 2. The number of hydrogen-bond acceptors (Lipinski definition) is 7. The molecule has 202 valence electrons. The Labute approximate surface area is 226 Å². The number of nitrogens with one attached hydrogen (secondary N) is 1. The Bertz CT molecular complexity index is 912. The van der Waals surface area contributed by atoms with Crippen LogP contribution < -0.4 is 14.8 Å². The van der Waals surface area contributed by atoms with E-state index in [0.717, 1.165) is 5.56 Å². The highest BCUT2D eigenvalue weighted by Gasteiger charge is 2.42. The molecule has 1 N–H and O–H groups in total. The molecule has 1 unspecified atom stereocenters. The summed E-state index contributed by atoms with van der Waals surface area (Å²) in [6.07, 6.45) is 2.86. The van der Waals surface area contributed by atoms with Crippen molar-refractivity contribution in [1.82, 2.24) is 10.2 Å². The zero-order valence-electron chi connectivity index (χ0n) is 22.9. The van der Waals surface area contributed by atoms with Gasteiger partial charge in [0.2, 0.25) is 16.2 Å². The van der Waals surface area contributed by atoms with E-state index >= 15 is 0 Å². The fourth-order valence-corrected chi connectivity index (χ4v) is 4.79. The second kappa shape index (κ2) is 14.5. The number of hydrogen-bond donors (Lipinski definition) is 1. The minimum atomic E-state index is -0.719. The summed E-state index contributed by atoms with van der Waals surface area (Å²) < 4.78 is 16.4. The summed E-state index contributed by atoms with van der Waals surface area (Å²) in [4.78, 5) is 28.9. The van der Waals surface area contributed by atoms with Gasteiger partial charge in [0.1, 0.15) is 6.04 Å². The number of carbonyl (C=O) groups excluding carboxylic acids is 2. The van der Waals surface area contributed by atoms with Crippen LogP contribution in [0.5, 0.6) is 11.5 Å². The molecule has 2 amide bonds. The van der Waals surface area contributed by atoms with Gasteiger partial charge in [0, 0.05) is 12.1 Å². The van der Waals surface area contributed by atoms with Gasteiger partial charge < -0.3 is 24.4 Å². The fraction of sp³-hybridized carbons (Fsp3) is 0.593. The molecule has 9 heteroatoms. The Morgan fingerprint density at radius 3 is 2.33 bits per heavy atom. The SMILES string of the molecule is C=CCC(C)(C)C(C(=O)NC(C)(C)C)N(CCc1ccc(OC)c(OC)c1)C(=O)CSC(=S)OCC. The van der Waals surface area contributed by atoms with Crippen LogP contribution in [-0.2, 0) is 20.7 Å². The lowest BCUT2D eigenvalue weighted by Crippen LogP contribution is -2.60. The first-order chi connectivity index (χ1) is 16.8. The third-order valence-electron chi connectivity index (χ3n) is 5.45. The lowest BCUT2D eigenvalue weighted by molar-refractivity contribution is -0.144. The van der Waals surface area contributed by atoms with Gasteiger partial charge in [-0.25, -0.2) is 0 Å².